The Morgan fingerprint density at radius 3 is 2.42 bits per heavy atom. The van der Waals surface area contributed by atoms with E-state index >= 15 is 0 Å². The van der Waals surface area contributed by atoms with E-state index in [4.69, 9.17) is 5.11 Å². The van der Waals surface area contributed by atoms with Gasteiger partial charge < -0.3 is 5.11 Å². The number of aryl methyl sites for hydroxylation is 1. The Labute approximate surface area is 110 Å². The predicted molar refractivity (Wildman–Crippen MR) is 66.4 cm³/mol. The maximum absolute atomic E-state index is 13.0. The molecule has 104 valence electrons. The van der Waals surface area contributed by atoms with E-state index in [9.17, 15) is 22.4 Å². The van der Waals surface area contributed by atoms with Crippen LogP contribution in [0.15, 0.2) is 18.2 Å². The Kier molecular flexibility index (Phi) is 4.41. The van der Waals surface area contributed by atoms with Gasteiger partial charge in [0.05, 0.1) is 0 Å². The minimum Gasteiger partial charge on any atom is -0.480 e. The Bertz CT molecular complexity index is 621. The summed E-state index contributed by atoms with van der Waals surface area (Å²) >= 11 is 0. The fourth-order valence-corrected chi connectivity index (χ4v) is 2.45. The molecule has 0 aliphatic carbocycles. The van der Waals surface area contributed by atoms with Crippen molar-refractivity contribution in [3.05, 3.63) is 35.1 Å². The Balaban J connectivity index is 2.97. The number of ketones is 1. The minimum atomic E-state index is -4.07. The standard InChI is InChI=1S/C12H13FO5S/c1-7-5-9(3-4-10(7)13)11(14)6-19(17,18)8(2)12(15)16/h3-5,8H,6H2,1-2H3,(H,15,16). The molecular formula is C12H13FO5S. The summed E-state index contributed by atoms with van der Waals surface area (Å²) in [6, 6.07) is 3.47. The lowest BCUT2D eigenvalue weighted by molar-refractivity contribution is -0.136. The summed E-state index contributed by atoms with van der Waals surface area (Å²) in [6.07, 6.45) is 0. The second kappa shape index (κ2) is 5.48. The van der Waals surface area contributed by atoms with Crippen molar-refractivity contribution < 1.29 is 27.5 Å². The summed E-state index contributed by atoms with van der Waals surface area (Å²) in [5.41, 5.74) is 0.259. The van der Waals surface area contributed by atoms with Gasteiger partial charge in [0.2, 0.25) is 0 Å². The van der Waals surface area contributed by atoms with E-state index in [1.54, 1.807) is 0 Å². The van der Waals surface area contributed by atoms with Crippen LogP contribution in [-0.4, -0.2) is 36.3 Å². The molecule has 1 aromatic carbocycles. The average Bonchev–Trinajstić information content (AvgIpc) is 2.30. The van der Waals surface area contributed by atoms with Gasteiger partial charge in [0, 0.05) is 5.56 Å². The molecule has 5 nitrogen and oxygen atoms in total. The van der Waals surface area contributed by atoms with Gasteiger partial charge in [-0.2, -0.15) is 0 Å². The normalized spacial score (nSPS) is 13.0. The van der Waals surface area contributed by atoms with Gasteiger partial charge in [-0.1, -0.05) is 0 Å². The topological polar surface area (TPSA) is 88.5 Å². The summed E-state index contributed by atoms with van der Waals surface area (Å²) in [6.45, 7) is 2.45. The van der Waals surface area contributed by atoms with E-state index in [0.717, 1.165) is 13.0 Å². The molecule has 0 heterocycles. The number of carboxylic acids is 1. The predicted octanol–water partition coefficient (Wildman–Crippen LogP) is 1.20. The van der Waals surface area contributed by atoms with Crippen molar-refractivity contribution in [1.82, 2.24) is 0 Å². The number of carboxylic acid groups (broad SMARTS) is 1. The molecule has 1 rings (SSSR count). The zero-order valence-corrected chi connectivity index (χ0v) is 11.2. The highest BCUT2D eigenvalue weighted by Gasteiger charge is 2.30. The zero-order chi connectivity index (χ0) is 14.8. The molecule has 0 saturated carbocycles. The van der Waals surface area contributed by atoms with Gasteiger partial charge in [-0.15, -0.1) is 0 Å². The van der Waals surface area contributed by atoms with E-state index in [0.29, 0.717) is 0 Å². The fraction of sp³-hybridized carbons (Fsp3) is 0.333. The van der Waals surface area contributed by atoms with Crippen molar-refractivity contribution >= 4 is 21.6 Å². The van der Waals surface area contributed by atoms with Crippen LogP contribution in [0.4, 0.5) is 4.39 Å². The molecule has 19 heavy (non-hydrogen) atoms. The highest BCUT2D eigenvalue weighted by atomic mass is 32.2. The molecule has 0 saturated heterocycles. The molecule has 1 aromatic rings. The van der Waals surface area contributed by atoms with Crippen LogP contribution < -0.4 is 0 Å². The van der Waals surface area contributed by atoms with E-state index in [1.165, 1.54) is 19.1 Å². The number of rotatable bonds is 5. The highest BCUT2D eigenvalue weighted by Crippen LogP contribution is 2.12. The first-order chi connectivity index (χ1) is 8.65. The van der Waals surface area contributed by atoms with Crippen molar-refractivity contribution in [3.63, 3.8) is 0 Å². The third-order valence-electron chi connectivity index (χ3n) is 2.70. The van der Waals surface area contributed by atoms with Gasteiger partial charge in [0.25, 0.3) is 0 Å². The van der Waals surface area contributed by atoms with Crippen LogP contribution in [0.3, 0.4) is 0 Å². The van der Waals surface area contributed by atoms with Crippen molar-refractivity contribution in [2.75, 3.05) is 5.75 Å². The zero-order valence-electron chi connectivity index (χ0n) is 10.4. The molecule has 1 N–H and O–H groups in total. The van der Waals surface area contributed by atoms with E-state index < -0.39 is 38.4 Å². The maximum Gasteiger partial charge on any atom is 0.321 e. The van der Waals surface area contributed by atoms with Crippen molar-refractivity contribution in [2.45, 2.75) is 19.1 Å². The van der Waals surface area contributed by atoms with E-state index in [-0.39, 0.29) is 11.1 Å². The van der Waals surface area contributed by atoms with Gasteiger partial charge in [0.15, 0.2) is 20.9 Å². The molecular weight excluding hydrogens is 275 g/mol. The van der Waals surface area contributed by atoms with Crippen LogP contribution in [0.2, 0.25) is 0 Å². The quantitative estimate of drug-likeness (QED) is 0.822. The number of sulfone groups is 1. The second-order valence-electron chi connectivity index (χ2n) is 4.17. The maximum atomic E-state index is 13.0. The number of Topliss-reactive ketones (excluding diaryl/α,β-unsaturated/α-hetero) is 1. The lowest BCUT2D eigenvalue weighted by Gasteiger charge is -2.08. The summed E-state index contributed by atoms with van der Waals surface area (Å²) < 4.78 is 36.3. The first kappa shape index (κ1) is 15.3. The van der Waals surface area contributed by atoms with Gasteiger partial charge in [-0.3, -0.25) is 9.59 Å². The second-order valence-corrected chi connectivity index (χ2v) is 6.50. The Morgan fingerprint density at radius 1 is 1.37 bits per heavy atom. The molecule has 0 radical (unpaired) electrons. The number of benzene rings is 1. The Hall–Kier alpha value is -1.76. The minimum absolute atomic E-state index is 0.0417. The first-order valence-corrected chi connectivity index (χ1v) is 7.10. The van der Waals surface area contributed by atoms with Crippen LogP contribution in [0.1, 0.15) is 22.8 Å². The van der Waals surface area contributed by atoms with Crippen LogP contribution in [0, 0.1) is 12.7 Å². The van der Waals surface area contributed by atoms with Gasteiger partial charge in [-0.25, -0.2) is 12.8 Å². The molecule has 0 aromatic heterocycles. The molecule has 0 spiro atoms. The molecule has 1 unspecified atom stereocenters. The van der Waals surface area contributed by atoms with E-state index in [1.807, 2.05) is 0 Å². The molecule has 7 heteroatoms. The Morgan fingerprint density at radius 2 is 1.95 bits per heavy atom. The smallest absolute Gasteiger partial charge is 0.321 e. The van der Waals surface area contributed by atoms with Crippen molar-refractivity contribution in [2.24, 2.45) is 0 Å². The number of halogens is 1. The fourth-order valence-electron chi connectivity index (χ4n) is 1.36. The molecule has 1 atom stereocenters. The third kappa shape index (κ3) is 3.60. The summed E-state index contributed by atoms with van der Waals surface area (Å²) in [4.78, 5) is 22.4. The average molecular weight is 288 g/mol. The summed E-state index contributed by atoms with van der Waals surface area (Å²) in [5.74, 6) is -3.68. The lowest BCUT2D eigenvalue weighted by atomic mass is 10.1. The molecule has 0 bridgehead atoms. The van der Waals surface area contributed by atoms with Crippen LogP contribution in [0.5, 0.6) is 0 Å². The van der Waals surface area contributed by atoms with Crippen LogP contribution in [-0.2, 0) is 14.6 Å². The largest absolute Gasteiger partial charge is 0.480 e. The monoisotopic (exact) mass is 288 g/mol. The lowest BCUT2D eigenvalue weighted by Crippen LogP contribution is -2.32. The SMILES string of the molecule is Cc1cc(C(=O)CS(=O)(=O)C(C)C(=O)O)ccc1F. The molecule has 0 aliphatic rings. The van der Waals surface area contributed by atoms with Crippen LogP contribution in [0.25, 0.3) is 0 Å². The molecule has 0 amide bonds. The van der Waals surface area contributed by atoms with Crippen molar-refractivity contribution in [1.29, 1.82) is 0 Å². The summed E-state index contributed by atoms with van der Waals surface area (Å²) in [7, 11) is -4.07. The van der Waals surface area contributed by atoms with Gasteiger partial charge in [0.1, 0.15) is 11.6 Å². The number of aliphatic carboxylic acids is 1. The van der Waals surface area contributed by atoms with E-state index in [2.05, 4.69) is 0 Å². The highest BCUT2D eigenvalue weighted by molar-refractivity contribution is 7.93. The molecule has 0 aliphatic heterocycles. The molecule has 0 fully saturated rings. The number of hydrogen-bond donors (Lipinski definition) is 1. The first-order valence-electron chi connectivity index (χ1n) is 5.39. The van der Waals surface area contributed by atoms with Crippen molar-refractivity contribution in [3.8, 4) is 0 Å². The van der Waals surface area contributed by atoms with Crippen LogP contribution >= 0.6 is 0 Å². The summed E-state index contributed by atoms with van der Waals surface area (Å²) in [5, 5.41) is 6.99. The number of hydrogen-bond acceptors (Lipinski definition) is 4. The third-order valence-corrected chi connectivity index (χ3v) is 4.64. The number of carbonyl (C=O) groups excluding carboxylic acids is 1. The van der Waals surface area contributed by atoms with Gasteiger partial charge >= 0.3 is 5.97 Å². The number of carbonyl (C=O) groups is 2. The van der Waals surface area contributed by atoms with Gasteiger partial charge in [-0.05, 0) is 37.6 Å².